The standard InChI is InChI=1S/C27H38O6/c1-11-31-24(29)17(3)13-19-15-20(26(5,6)7)16-21(27(8,9)10)23(19)33-22(28)14-18(4)25(30)32-12-2/h15-16H,3-4,11-14H2,1-2,5-10H3. The molecule has 0 heterocycles. The fourth-order valence-electron chi connectivity index (χ4n) is 3.10. The van der Waals surface area contributed by atoms with Gasteiger partial charge in [-0.3, -0.25) is 4.79 Å². The van der Waals surface area contributed by atoms with E-state index in [9.17, 15) is 14.4 Å². The summed E-state index contributed by atoms with van der Waals surface area (Å²) in [4.78, 5) is 36.9. The predicted octanol–water partition coefficient (Wildman–Crippen LogP) is 5.36. The summed E-state index contributed by atoms with van der Waals surface area (Å²) < 4.78 is 15.8. The van der Waals surface area contributed by atoms with Crippen molar-refractivity contribution in [3.05, 3.63) is 53.1 Å². The number of hydrogen-bond acceptors (Lipinski definition) is 6. The van der Waals surface area contributed by atoms with Gasteiger partial charge in [0.1, 0.15) is 5.75 Å². The van der Waals surface area contributed by atoms with Crippen LogP contribution >= 0.6 is 0 Å². The Kier molecular flexibility index (Phi) is 9.64. The summed E-state index contributed by atoms with van der Waals surface area (Å²) >= 11 is 0. The molecule has 0 atom stereocenters. The number of carbonyl (C=O) groups is 3. The zero-order chi connectivity index (χ0) is 25.6. The maximum atomic E-state index is 12.8. The third kappa shape index (κ3) is 8.19. The quantitative estimate of drug-likeness (QED) is 0.282. The minimum atomic E-state index is -0.635. The lowest BCUT2D eigenvalue weighted by molar-refractivity contribution is -0.141. The third-order valence-corrected chi connectivity index (χ3v) is 4.95. The van der Waals surface area contributed by atoms with E-state index in [2.05, 4.69) is 33.9 Å². The lowest BCUT2D eigenvalue weighted by atomic mass is 9.78. The van der Waals surface area contributed by atoms with Crippen molar-refractivity contribution < 1.29 is 28.6 Å². The average Bonchev–Trinajstić information content (AvgIpc) is 2.67. The summed E-state index contributed by atoms with van der Waals surface area (Å²) in [5.41, 5.74) is 2.24. The SMILES string of the molecule is C=C(CC(=O)Oc1c(CC(=C)C(=O)OCC)cc(C(C)(C)C)cc1C(C)(C)C)C(=O)OCC. The van der Waals surface area contributed by atoms with Crippen LogP contribution in [0.15, 0.2) is 36.4 Å². The van der Waals surface area contributed by atoms with Crippen molar-refractivity contribution >= 4 is 17.9 Å². The molecule has 0 unspecified atom stereocenters. The summed E-state index contributed by atoms with van der Waals surface area (Å²) in [5.74, 6) is -1.40. The van der Waals surface area contributed by atoms with E-state index in [1.54, 1.807) is 13.8 Å². The van der Waals surface area contributed by atoms with E-state index in [1.165, 1.54) is 0 Å². The van der Waals surface area contributed by atoms with Crippen molar-refractivity contribution in [2.45, 2.75) is 79.1 Å². The van der Waals surface area contributed by atoms with Gasteiger partial charge in [0.15, 0.2) is 0 Å². The molecule has 1 rings (SSSR count). The molecule has 0 saturated carbocycles. The molecule has 0 aromatic heterocycles. The fraction of sp³-hybridized carbons (Fsp3) is 0.519. The first-order valence-corrected chi connectivity index (χ1v) is 11.2. The second-order valence-electron chi connectivity index (χ2n) is 9.99. The second kappa shape index (κ2) is 11.3. The first-order valence-electron chi connectivity index (χ1n) is 11.2. The van der Waals surface area contributed by atoms with Crippen molar-refractivity contribution in [1.82, 2.24) is 0 Å². The topological polar surface area (TPSA) is 78.9 Å². The van der Waals surface area contributed by atoms with E-state index < -0.39 is 17.9 Å². The van der Waals surface area contributed by atoms with Crippen molar-refractivity contribution in [3.63, 3.8) is 0 Å². The molecule has 0 amide bonds. The molecular weight excluding hydrogens is 420 g/mol. The van der Waals surface area contributed by atoms with Crippen LogP contribution in [0.5, 0.6) is 5.75 Å². The van der Waals surface area contributed by atoms with Crippen molar-refractivity contribution in [2.24, 2.45) is 0 Å². The van der Waals surface area contributed by atoms with Crippen LogP contribution in [0, 0.1) is 0 Å². The molecular formula is C27H38O6. The molecule has 0 N–H and O–H groups in total. The van der Waals surface area contributed by atoms with E-state index >= 15 is 0 Å². The van der Waals surface area contributed by atoms with Crippen LogP contribution in [0.2, 0.25) is 0 Å². The predicted molar refractivity (Wildman–Crippen MR) is 129 cm³/mol. The van der Waals surface area contributed by atoms with E-state index in [-0.39, 0.29) is 48.0 Å². The van der Waals surface area contributed by atoms with Gasteiger partial charge >= 0.3 is 17.9 Å². The Balaban J connectivity index is 3.51. The van der Waals surface area contributed by atoms with Crippen molar-refractivity contribution in [1.29, 1.82) is 0 Å². The lowest BCUT2D eigenvalue weighted by Gasteiger charge is -2.29. The molecule has 1 aromatic rings. The Morgan fingerprint density at radius 1 is 0.818 bits per heavy atom. The summed E-state index contributed by atoms with van der Waals surface area (Å²) in [6, 6.07) is 3.96. The summed E-state index contributed by atoms with van der Waals surface area (Å²) in [6.45, 7) is 23.7. The highest BCUT2D eigenvalue weighted by molar-refractivity contribution is 5.94. The molecule has 0 aliphatic heterocycles. The van der Waals surface area contributed by atoms with Crippen LogP contribution < -0.4 is 4.74 Å². The third-order valence-electron chi connectivity index (χ3n) is 4.95. The average molecular weight is 459 g/mol. The van der Waals surface area contributed by atoms with Crippen LogP contribution in [0.25, 0.3) is 0 Å². The Morgan fingerprint density at radius 2 is 1.33 bits per heavy atom. The number of rotatable bonds is 9. The highest BCUT2D eigenvalue weighted by atomic mass is 16.5. The van der Waals surface area contributed by atoms with Crippen LogP contribution in [0.4, 0.5) is 0 Å². The normalized spacial score (nSPS) is 11.5. The van der Waals surface area contributed by atoms with Gasteiger partial charge in [0.05, 0.1) is 19.6 Å². The molecule has 1 aromatic carbocycles. The largest absolute Gasteiger partial charge is 0.463 e. The van der Waals surface area contributed by atoms with Gasteiger partial charge in [0.2, 0.25) is 0 Å². The van der Waals surface area contributed by atoms with E-state index in [4.69, 9.17) is 14.2 Å². The van der Waals surface area contributed by atoms with Crippen LogP contribution in [0.1, 0.15) is 78.5 Å². The van der Waals surface area contributed by atoms with Crippen LogP contribution in [-0.2, 0) is 41.1 Å². The number of carbonyl (C=O) groups excluding carboxylic acids is 3. The van der Waals surface area contributed by atoms with Gasteiger partial charge in [-0.2, -0.15) is 0 Å². The zero-order valence-electron chi connectivity index (χ0n) is 21.3. The van der Waals surface area contributed by atoms with E-state index in [0.717, 1.165) is 11.1 Å². The Labute approximate surface area is 198 Å². The molecule has 0 saturated heterocycles. The van der Waals surface area contributed by atoms with Gasteiger partial charge < -0.3 is 14.2 Å². The molecule has 0 aliphatic carbocycles. The lowest BCUT2D eigenvalue weighted by Crippen LogP contribution is -2.22. The molecule has 0 radical (unpaired) electrons. The molecule has 33 heavy (non-hydrogen) atoms. The highest BCUT2D eigenvalue weighted by Crippen LogP contribution is 2.39. The van der Waals surface area contributed by atoms with Gasteiger partial charge in [-0.05, 0) is 30.2 Å². The van der Waals surface area contributed by atoms with Crippen LogP contribution in [0.3, 0.4) is 0 Å². The molecule has 0 bridgehead atoms. The van der Waals surface area contributed by atoms with Gasteiger partial charge in [0, 0.05) is 28.7 Å². The Hall–Kier alpha value is -2.89. The monoisotopic (exact) mass is 458 g/mol. The molecule has 0 aliphatic rings. The first kappa shape index (κ1) is 28.1. The van der Waals surface area contributed by atoms with Gasteiger partial charge in [-0.1, -0.05) is 66.8 Å². The minimum Gasteiger partial charge on any atom is -0.463 e. The van der Waals surface area contributed by atoms with Gasteiger partial charge in [-0.15, -0.1) is 0 Å². The first-order chi connectivity index (χ1) is 15.1. The van der Waals surface area contributed by atoms with Crippen molar-refractivity contribution in [3.8, 4) is 5.75 Å². The number of benzene rings is 1. The highest BCUT2D eigenvalue weighted by Gasteiger charge is 2.28. The maximum Gasteiger partial charge on any atom is 0.333 e. The number of esters is 3. The van der Waals surface area contributed by atoms with Gasteiger partial charge in [0.25, 0.3) is 0 Å². The number of ether oxygens (including phenoxy) is 3. The summed E-state index contributed by atoms with van der Waals surface area (Å²) in [7, 11) is 0. The van der Waals surface area contributed by atoms with E-state index in [0.29, 0.717) is 11.3 Å². The smallest absolute Gasteiger partial charge is 0.333 e. The minimum absolute atomic E-state index is 0.0166. The summed E-state index contributed by atoms with van der Waals surface area (Å²) in [6.07, 6.45) is -0.144. The van der Waals surface area contributed by atoms with Crippen molar-refractivity contribution in [2.75, 3.05) is 13.2 Å². The van der Waals surface area contributed by atoms with E-state index in [1.807, 2.05) is 32.9 Å². The maximum absolute atomic E-state index is 12.8. The van der Waals surface area contributed by atoms with Crippen LogP contribution in [-0.4, -0.2) is 31.1 Å². The molecule has 6 nitrogen and oxygen atoms in total. The molecule has 0 fully saturated rings. The second-order valence-corrected chi connectivity index (χ2v) is 9.99. The zero-order valence-corrected chi connectivity index (χ0v) is 21.3. The molecule has 6 heteroatoms. The summed E-state index contributed by atoms with van der Waals surface area (Å²) in [5, 5.41) is 0. The number of hydrogen-bond donors (Lipinski definition) is 0. The Morgan fingerprint density at radius 3 is 1.79 bits per heavy atom. The fourth-order valence-corrected chi connectivity index (χ4v) is 3.10. The Bertz CT molecular complexity index is 925. The molecule has 182 valence electrons. The van der Waals surface area contributed by atoms with Gasteiger partial charge in [-0.25, -0.2) is 9.59 Å². The molecule has 0 spiro atoms.